The van der Waals surface area contributed by atoms with E-state index >= 15 is 0 Å². The zero-order chi connectivity index (χ0) is 14.8. The van der Waals surface area contributed by atoms with E-state index in [1.807, 2.05) is 0 Å². The van der Waals surface area contributed by atoms with Crippen LogP contribution < -0.4 is 5.32 Å². The van der Waals surface area contributed by atoms with E-state index in [2.05, 4.69) is 51.4 Å². The van der Waals surface area contributed by atoms with Gasteiger partial charge in [-0.2, -0.15) is 0 Å². The Morgan fingerprint density at radius 2 is 2.10 bits per heavy atom. The van der Waals surface area contributed by atoms with Gasteiger partial charge in [-0.1, -0.05) is 24.1 Å². The summed E-state index contributed by atoms with van der Waals surface area (Å²) in [5, 5.41) is 4.55. The van der Waals surface area contributed by atoms with Gasteiger partial charge in [0.15, 0.2) is 0 Å². The van der Waals surface area contributed by atoms with Gasteiger partial charge < -0.3 is 5.32 Å². The molecule has 2 fully saturated rings. The number of likely N-dealkylation sites (tertiary alicyclic amines) is 1. The molecule has 1 heterocycles. The molecule has 0 radical (unpaired) electrons. The topological polar surface area (TPSA) is 15.3 Å². The minimum absolute atomic E-state index is 0.476. The molecule has 2 atom stereocenters. The predicted octanol–water partition coefficient (Wildman–Crippen LogP) is 4.63. The number of nitrogens with one attached hydrogen (secondary N) is 1. The minimum atomic E-state index is 0.476. The Labute approximate surface area is 141 Å². The van der Waals surface area contributed by atoms with Crippen molar-refractivity contribution >= 4 is 27.5 Å². The molecule has 0 spiro atoms. The number of benzene rings is 1. The highest BCUT2D eigenvalue weighted by atomic mass is 79.9. The van der Waals surface area contributed by atoms with Crippen LogP contribution in [0, 0.1) is 5.92 Å². The van der Waals surface area contributed by atoms with Crippen molar-refractivity contribution in [1.82, 2.24) is 10.2 Å². The van der Waals surface area contributed by atoms with Gasteiger partial charge in [0.05, 0.1) is 5.02 Å². The first-order valence-electron chi connectivity index (χ1n) is 8.03. The summed E-state index contributed by atoms with van der Waals surface area (Å²) in [6.45, 7) is 2.31. The molecule has 21 heavy (non-hydrogen) atoms. The van der Waals surface area contributed by atoms with E-state index in [9.17, 15) is 0 Å². The molecule has 0 amide bonds. The Morgan fingerprint density at radius 3 is 2.81 bits per heavy atom. The van der Waals surface area contributed by atoms with Crippen molar-refractivity contribution in [2.24, 2.45) is 5.92 Å². The van der Waals surface area contributed by atoms with Gasteiger partial charge in [-0.3, -0.25) is 4.90 Å². The standard InChI is InChI=1S/C17H24BrClN2/c1-21-9-3-2-4-13(11-20-14-6-7-14)17(21)12-5-8-15(18)16(19)10-12/h5,8,10,13-14,17,20H,2-4,6-7,9,11H2,1H3. The van der Waals surface area contributed by atoms with Gasteiger partial charge in [-0.25, -0.2) is 0 Å². The summed E-state index contributed by atoms with van der Waals surface area (Å²) in [7, 11) is 2.26. The smallest absolute Gasteiger partial charge is 0.0551 e. The average molecular weight is 372 g/mol. The van der Waals surface area contributed by atoms with Crippen LogP contribution in [0.4, 0.5) is 0 Å². The van der Waals surface area contributed by atoms with E-state index in [0.29, 0.717) is 12.0 Å². The van der Waals surface area contributed by atoms with Crippen molar-refractivity contribution < 1.29 is 0 Å². The van der Waals surface area contributed by atoms with Crippen LogP contribution in [-0.4, -0.2) is 31.1 Å². The van der Waals surface area contributed by atoms with Crippen molar-refractivity contribution in [1.29, 1.82) is 0 Å². The van der Waals surface area contributed by atoms with Gasteiger partial charge in [0, 0.05) is 23.1 Å². The second kappa shape index (κ2) is 6.99. The molecule has 1 aromatic rings. The quantitative estimate of drug-likeness (QED) is 0.830. The molecule has 0 bridgehead atoms. The lowest BCUT2D eigenvalue weighted by Gasteiger charge is -2.33. The van der Waals surface area contributed by atoms with Gasteiger partial charge in [-0.05, 0) is 78.8 Å². The van der Waals surface area contributed by atoms with Crippen molar-refractivity contribution in [3.05, 3.63) is 33.3 Å². The van der Waals surface area contributed by atoms with E-state index in [-0.39, 0.29) is 0 Å². The van der Waals surface area contributed by atoms with Gasteiger partial charge in [0.25, 0.3) is 0 Å². The number of rotatable bonds is 4. The fourth-order valence-electron chi connectivity index (χ4n) is 3.47. The highest BCUT2D eigenvalue weighted by molar-refractivity contribution is 9.10. The van der Waals surface area contributed by atoms with E-state index < -0.39 is 0 Å². The number of halogens is 2. The maximum atomic E-state index is 6.33. The second-order valence-corrected chi connectivity index (χ2v) is 7.80. The normalized spacial score (nSPS) is 27.6. The third kappa shape index (κ3) is 4.01. The van der Waals surface area contributed by atoms with Crippen molar-refractivity contribution in [2.75, 3.05) is 20.1 Å². The summed E-state index contributed by atoms with van der Waals surface area (Å²) >= 11 is 9.82. The van der Waals surface area contributed by atoms with Gasteiger partial charge in [0.2, 0.25) is 0 Å². The fourth-order valence-corrected chi connectivity index (χ4v) is 3.90. The number of hydrogen-bond donors (Lipinski definition) is 1. The van der Waals surface area contributed by atoms with Crippen molar-refractivity contribution in [3.8, 4) is 0 Å². The Balaban J connectivity index is 1.81. The largest absolute Gasteiger partial charge is 0.314 e. The Bertz CT molecular complexity index is 490. The molecule has 2 nitrogen and oxygen atoms in total. The Kier molecular flexibility index (Phi) is 5.26. The van der Waals surface area contributed by atoms with Crippen LogP contribution in [0.2, 0.25) is 5.02 Å². The highest BCUT2D eigenvalue weighted by Gasteiger charge is 2.31. The van der Waals surface area contributed by atoms with Crippen LogP contribution in [0.3, 0.4) is 0 Å². The van der Waals surface area contributed by atoms with Gasteiger partial charge in [0.1, 0.15) is 0 Å². The third-order valence-corrected chi connectivity index (χ3v) is 6.02. The maximum absolute atomic E-state index is 6.33. The molecule has 3 rings (SSSR count). The zero-order valence-electron chi connectivity index (χ0n) is 12.6. The maximum Gasteiger partial charge on any atom is 0.0551 e. The third-order valence-electron chi connectivity index (χ3n) is 4.79. The van der Waals surface area contributed by atoms with Gasteiger partial charge >= 0.3 is 0 Å². The molecule has 0 aromatic heterocycles. The summed E-state index contributed by atoms with van der Waals surface area (Å²) in [5.74, 6) is 0.676. The molecule has 1 aliphatic carbocycles. The SMILES string of the molecule is CN1CCCCC(CNC2CC2)C1c1ccc(Br)c(Cl)c1. The van der Waals surface area contributed by atoms with Gasteiger partial charge in [-0.15, -0.1) is 0 Å². The van der Waals surface area contributed by atoms with E-state index in [0.717, 1.165) is 22.1 Å². The molecule has 1 aromatic carbocycles. The first kappa shape index (κ1) is 15.8. The van der Waals surface area contributed by atoms with Crippen molar-refractivity contribution in [3.63, 3.8) is 0 Å². The molecular formula is C17H24BrClN2. The zero-order valence-corrected chi connectivity index (χ0v) is 15.0. The van der Waals surface area contributed by atoms with Crippen LogP contribution in [-0.2, 0) is 0 Å². The number of hydrogen-bond acceptors (Lipinski definition) is 2. The van der Waals surface area contributed by atoms with Crippen LogP contribution in [0.25, 0.3) is 0 Å². The lowest BCUT2D eigenvalue weighted by atomic mass is 9.89. The first-order valence-corrected chi connectivity index (χ1v) is 9.21. The average Bonchev–Trinajstić information content (AvgIpc) is 3.28. The summed E-state index contributed by atoms with van der Waals surface area (Å²) in [6, 6.07) is 7.72. The first-order chi connectivity index (χ1) is 10.1. The summed E-state index contributed by atoms with van der Waals surface area (Å²) in [4.78, 5) is 2.52. The molecule has 2 unspecified atom stereocenters. The molecule has 2 aliphatic rings. The van der Waals surface area contributed by atoms with E-state index in [4.69, 9.17) is 11.6 Å². The van der Waals surface area contributed by atoms with Crippen LogP contribution >= 0.6 is 27.5 Å². The molecule has 116 valence electrons. The van der Waals surface area contributed by atoms with Crippen molar-refractivity contribution in [2.45, 2.75) is 44.2 Å². The molecule has 1 saturated carbocycles. The van der Waals surface area contributed by atoms with Crippen LogP contribution in [0.5, 0.6) is 0 Å². The summed E-state index contributed by atoms with van der Waals surface area (Å²) in [6.07, 6.45) is 6.66. The predicted molar refractivity (Wildman–Crippen MR) is 92.9 cm³/mol. The Hall–Kier alpha value is -0.0900. The molecular weight excluding hydrogens is 348 g/mol. The monoisotopic (exact) mass is 370 g/mol. The molecule has 1 aliphatic heterocycles. The minimum Gasteiger partial charge on any atom is -0.314 e. The number of nitrogens with zero attached hydrogens (tertiary/aromatic N) is 1. The lowest BCUT2D eigenvalue weighted by Crippen LogP contribution is -2.35. The van der Waals surface area contributed by atoms with E-state index in [1.54, 1.807) is 0 Å². The van der Waals surface area contributed by atoms with Crippen LogP contribution in [0.1, 0.15) is 43.7 Å². The second-order valence-electron chi connectivity index (χ2n) is 6.54. The van der Waals surface area contributed by atoms with E-state index in [1.165, 1.54) is 44.2 Å². The molecule has 1 N–H and O–H groups in total. The summed E-state index contributed by atoms with van der Waals surface area (Å²) < 4.78 is 0.983. The molecule has 1 saturated heterocycles. The van der Waals surface area contributed by atoms with Crippen LogP contribution in [0.15, 0.2) is 22.7 Å². The molecule has 4 heteroatoms. The lowest BCUT2D eigenvalue weighted by molar-refractivity contribution is 0.189. The fraction of sp³-hybridized carbons (Fsp3) is 0.647. The Morgan fingerprint density at radius 1 is 1.29 bits per heavy atom. The highest BCUT2D eigenvalue weighted by Crippen LogP contribution is 2.37. The summed E-state index contributed by atoms with van der Waals surface area (Å²) in [5.41, 5.74) is 1.36.